The van der Waals surface area contributed by atoms with Gasteiger partial charge in [0.15, 0.2) is 0 Å². The number of dihydropyridines is 1. The Hall–Kier alpha value is -0.720. The van der Waals surface area contributed by atoms with Crippen molar-refractivity contribution >= 4 is 0 Å². The molecular weight excluding hydrogens is 266 g/mol. The van der Waals surface area contributed by atoms with Crippen molar-refractivity contribution in [3.8, 4) is 0 Å². The molecule has 0 aromatic heterocycles. The maximum atomic E-state index is 4.15. The third-order valence-corrected chi connectivity index (χ3v) is 7.07. The van der Waals surface area contributed by atoms with Gasteiger partial charge in [0.2, 0.25) is 0 Å². The third-order valence-electron chi connectivity index (χ3n) is 7.07. The van der Waals surface area contributed by atoms with Gasteiger partial charge in [-0.3, -0.25) is 0 Å². The van der Waals surface area contributed by atoms with Crippen LogP contribution in [0.2, 0.25) is 0 Å². The summed E-state index contributed by atoms with van der Waals surface area (Å²) in [5.41, 5.74) is 7.44. The Morgan fingerprint density at radius 2 is 1.45 bits per heavy atom. The molecule has 4 rings (SSSR count). The lowest BCUT2D eigenvalue weighted by Gasteiger charge is -2.51. The molecule has 1 spiro atoms. The van der Waals surface area contributed by atoms with E-state index in [0.29, 0.717) is 5.54 Å². The standard InChI is InChI=1S/C21H33N/c1-14-8-10-21(11-9-14)19-13-16(3)4-6-17(19)18-12-15(2)5-7-20(18)22-21/h14-16,22H,4-13H2,1-3H3/t14?,15-,16-,21?/m0/s1. The van der Waals surface area contributed by atoms with Gasteiger partial charge >= 0.3 is 0 Å². The van der Waals surface area contributed by atoms with Gasteiger partial charge in [0.05, 0.1) is 5.54 Å². The molecule has 0 unspecified atom stereocenters. The normalized spacial score (nSPS) is 42.0. The van der Waals surface area contributed by atoms with E-state index in [-0.39, 0.29) is 0 Å². The molecule has 0 aromatic carbocycles. The molecule has 0 bridgehead atoms. The van der Waals surface area contributed by atoms with E-state index in [1.165, 1.54) is 64.2 Å². The van der Waals surface area contributed by atoms with Crippen LogP contribution >= 0.6 is 0 Å². The van der Waals surface area contributed by atoms with Gasteiger partial charge in [-0.15, -0.1) is 0 Å². The van der Waals surface area contributed by atoms with E-state index < -0.39 is 0 Å². The van der Waals surface area contributed by atoms with Gasteiger partial charge in [-0.1, -0.05) is 20.8 Å². The van der Waals surface area contributed by atoms with Gasteiger partial charge < -0.3 is 5.32 Å². The van der Waals surface area contributed by atoms with Gasteiger partial charge in [0.1, 0.15) is 0 Å². The predicted octanol–water partition coefficient (Wildman–Crippen LogP) is 5.73. The maximum absolute atomic E-state index is 4.15. The van der Waals surface area contributed by atoms with Crippen LogP contribution in [-0.2, 0) is 0 Å². The zero-order valence-electron chi connectivity index (χ0n) is 14.8. The minimum Gasteiger partial charge on any atom is -0.379 e. The van der Waals surface area contributed by atoms with Crippen molar-refractivity contribution in [1.82, 2.24) is 5.32 Å². The molecule has 122 valence electrons. The average molecular weight is 300 g/mol. The fraction of sp³-hybridized carbons (Fsp3) is 0.810. The number of rotatable bonds is 0. The number of hydrogen-bond acceptors (Lipinski definition) is 1. The summed E-state index contributed by atoms with van der Waals surface area (Å²) in [6, 6.07) is 0. The molecule has 1 N–H and O–H groups in total. The fourth-order valence-electron chi connectivity index (χ4n) is 5.54. The molecule has 1 saturated carbocycles. The Bertz CT molecular complexity index is 516. The highest BCUT2D eigenvalue weighted by atomic mass is 15.0. The van der Waals surface area contributed by atoms with Crippen molar-refractivity contribution in [3.63, 3.8) is 0 Å². The van der Waals surface area contributed by atoms with E-state index in [2.05, 4.69) is 26.1 Å². The van der Waals surface area contributed by atoms with Crippen molar-refractivity contribution in [2.45, 2.75) is 90.5 Å². The average Bonchev–Trinajstić information content (AvgIpc) is 2.51. The maximum Gasteiger partial charge on any atom is 0.0588 e. The molecule has 1 nitrogen and oxygen atoms in total. The molecule has 2 atom stereocenters. The monoisotopic (exact) mass is 299 g/mol. The summed E-state index contributed by atoms with van der Waals surface area (Å²) in [6.07, 6.45) is 13.8. The first-order valence-corrected chi connectivity index (χ1v) is 9.80. The summed E-state index contributed by atoms with van der Waals surface area (Å²) in [4.78, 5) is 0. The Morgan fingerprint density at radius 1 is 0.773 bits per heavy atom. The van der Waals surface area contributed by atoms with Gasteiger partial charge in [0, 0.05) is 5.70 Å². The molecule has 1 heterocycles. The first-order chi connectivity index (χ1) is 10.6. The summed E-state index contributed by atoms with van der Waals surface area (Å²) in [7, 11) is 0. The van der Waals surface area contributed by atoms with E-state index in [9.17, 15) is 0 Å². The van der Waals surface area contributed by atoms with Gasteiger partial charge in [-0.25, -0.2) is 0 Å². The molecule has 0 aromatic rings. The van der Waals surface area contributed by atoms with Crippen LogP contribution in [0.4, 0.5) is 0 Å². The quantitative estimate of drug-likeness (QED) is 0.602. The second-order valence-corrected chi connectivity index (χ2v) is 9.00. The van der Waals surface area contributed by atoms with Crippen molar-refractivity contribution in [1.29, 1.82) is 0 Å². The van der Waals surface area contributed by atoms with Crippen LogP contribution in [-0.4, -0.2) is 5.54 Å². The van der Waals surface area contributed by atoms with E-state index >= 15 is 0 Å². The first kappa shape index (κ1) is 14.8. The van der Waals surface area contributed by atoms with Crippen LogP contribution in [0.3, 0.4) is 0 Å². The van der Waals surface area contributed by atoms with E-state index in [1.54, 1.807) is 11.3 Å². The molecular formula is C21H33N. The van der Waals surface area contributed by atoms with Gasteiger partial charge in [0.25, 0.3) is 0 Å². The second kappa shape index (κ2) is 5.42. The zero-order chi connectivity index (χ0) is 15.3. The molecule has 4 aliphatic rings. The number of fused-ring (bicyclic) bond motifs is 2. The number of allylic oxidation sites excluding steroid dienone is 3. The predicted molar refractivity (Wildman–Crippen MR) is 93.6 cm³/mol. The Labute approximate surface area is 136 Å². The number of hydrogen-bond donors (Lipinski definition) is 1. The summed E-state index contributed by atoms with van der Waals surface area (Å²) in [5, 5.41) is 4.15. The molecule has 1 fully saturated rings. The fourth-order valence-corrected chi connectivity index (χ4v) is 5.54. The highest BCUT2D eigenvalue weighted by Crippen LogP contribution is 2.51. The lowest BCUT2D eigenvalue weighted by atomic mass is 9.63. The minimum absolute atomic E-state index is 0.357. The minimum atomic E-state index is 0.357. The molecule has 1 heteroatoms. The molecule has 1 aliphatic heterocycles. The molecule has 0 amide bonds. The lowest BCUT2D eigenvalue weighted by Crippen LogP contribution is -2.53. The van der Waals surface area contributed by atoms with Crippen molar-refractivity contribution in [2.24, 2.45) is 17.8 Å². The number of nitrogens with one attached hydrogen (secondary N) is 1. The summed E-state index contributed by atoms with van der Waals surface area (Å²) < 4.78 is 0. The lowest BCUT2D eigenvalue weighted by molar-refractivity contribution is 0.218. The smallest absolute Gasteiger partial charge is 0.0588 e. The van der Waals surface area contributed by atoms with Crippen molar-refractivity contribution in [3.05, 3.63) is 22.4 Å². The van der Waals surface area contributed by atoms with Gasteiger partial charge in [-0.05, 0) is 98.7 Å². The topological polar surface area (TPSA) is 12.0 Å². The van der Waals surface area contributed by atoms with Crippen LogP contribution in [0, 0.1) is 17.8 Å². The Morgan fingerprint density at radius 3 is 2.23 bits per heavy atom. The molecule has 3 aliphatic carbocycles. The van der Waals surface area contributed by atoms with Crippen LogP contribution in [0.15, 0.2) is 22.4 Å². The summed E-state index contributed by atoms with van der Waals surface area (Å²) in [5.74, 6) is 2.70. The molecule has 0 saturated heterocycles. The summed E-state index contributed by atoms with van der Waals surface area (Å²) >= 11 is 0. The second-order valence-electron chi connectivity index (χ2n) is 9.00. The Kier molecular flexibility index (Phi) is 3.66. The van der Waals surface area contributed by atoms with Gasteiger partial charge in [-0.2, -0.15) is 0 Å². The van der Waals surface area contributed by atoms with Crippen LogP contribution in [0.5, 0.6) is 0 Å². The van der Waals surface area contributed by atoms with E-state index in [1.807, 2.05) is 11.1 Å². The van der Waals surface area contributed by atoms with Crippen molar-refractivity contribution in [2.75, 3.05) is 0 Å². The summed E-state index contributed by atoms with van der Waals surface area (Å²) in [6.45, 7) is 7.36. The van der Waals surface area contributed by atoms with Crippen LogP contribution in [0.25, 0.3) is 0 Å². The Balaban J connectivity index is 1.75. The van der Waals surface area contributed by atoms with Crippen LogP contribution < -0.4 is 5.32 Å². The van der Waals surface area contributed by atoms with Crippen molar-refractivity contribution < 1.29 is 0 Å². The van der Waals surface area contributed by atoms with Crippen LogP contribution in [0.1, 0.15) is 85.0 Å². The third kappa shape index (κ3) is 2.36. The highest BCUT2D eigenvalue weighted by Gasteiger charge is 2.44. The largest absolute Gasteiger partial charge is 0.379 e. The molecule has 0 radical (unpaired) electrons. The first-order valence-electron chi connectivity index (χ1n) is 9.80. The van der Waals surface area contributed by atoms with E-state index in [4.69, 9.17) is 0 Å². The SMILES string of the molecule is CC1CCC2(CC1)NC1=C(C[C@@H](C)CC1)C1=C2C[C@@H](C)CC1. The molecule has 22 heavy (non-hydrogen) atoms. The highest BCUT2D eigenvalue weighted by molar-refractivity contribution is 5.49. The zero-order valence-corrected chi connectivity index (χ0v) is 14.8. The van der Waals surface area contributed by atoms with E-state index in [0.717, 1.165) is 17.8 Å².